The quantitative estimate of drug-likeness (QED) is 0.720. The summed E-state index contributed by atoms with van der Waals surface area (Å²) in [7, 11) is 3.29. The fraction of sp³-hybridized carbons (Fsp3) is 0.636. The SMILES string of the molecule is COc1cnn(C)c1C(=O)C1CCOC1C. The first-order valence-corrected chi connectivity index (χ1v) is 5.37. The van der Waals surface area contributed by atoms with Crippen LogP contribution in [0.5, 0.6) is 5.75 Å². The summed E-state index contributed by atoms with van der Waals surface area (Å²) in [5, 5.41) is 4.03. The fourth-order valence-electron chi connectivity index (χ4n) is 2.10. The number of methoxy groups -OCH3 is 1. The molecule has 0 aromatic carbocycles. The van der Waals surface area contributed by atoms with Gasteiger partial charge in [0.15, 0.2) is 11.5 Å². The number of aryl methyl sites for hydroxylation is 1. The predicted molar refractivity (Wildman–Crippen MR) is 57.6 cm³/mol. The molecule has 2 heterocycles. The minimum Gasteiger partial charge on any atom is -0.493 e. The van der Waals surface area contributed by atoms with Gasteiger partial charge in [0.05, 0.1) is 25.3 Å². The molecule has 2 atom stereocenters. The van der Waals surface area contributed by atoms with Gasteiger partial charge in [-0.05, 0) is 13.3 Å². The molecule has 2 unspecified atom stereocenters. The Bertz CT molecular complexity index is 400. The maximum Gasteiger partial charge on any atom is 0.190 e. The third-order valence-electron chi connectivity index (χ3n) is 3.07. The van der Waals surface area contributed by atoms with Crippen LogP contribution in [-0.2, 0) is 11.8 Å². The fourth-order valence-corrected chi connectivity index (χ4v) is 2.10. The summed E-state index contributed by atoms with van der Waals surface area (Å²) in [4.78, 5) is 12.3. The van der Waals surface area contributed by atoms with Gasteiger partial charge in [0.2, 0.25) is 0 Å². The molecule has 0 amide bonds. The van der Waals surface area contributed by atoms with Crippen molar-refractivity contribution in [1.82, 2.24) is 9.78 Å². The Balaban J connectivity index is 2.29. The second kappa shape index (κ2) is 4.25. The smallest absolute Gasteiger partial charge is 0.190 e. The Labute approximate surface area is 94.3 Å². The van der Waals surface area contributed by atoms with Crippen LogP contribution in [0.3, 0.4) is 0 Å². The second-order valence-corrected chi connectivity index (χ2v) is 4.02. The van der Waals surface area contributed by atoms with Crippen molar-refractivity contribution in [2.75, 3.05) is 13.7 Å². The summed E-state index contributed by atoms with van der Waals surface area (Å²) in [5.41, 5.74) is 0.532. The molecule has 0 aliphatic carbocycles. The molecule has 0 radical (unpaired) electrons. The number of carbonyl (C=O) groups is 1. The highest BCUT2D eigenvalue weighted by molar-refractivity contribution is 5.99. The Morgan fingerprint density at radius 2 is 2.44 bits per heavy atom. The lowest BCUT2D eigenvalue weighted by Gasteiger charge is -2.13. The van der Waals surface area contributed by atoms with Crippen LogP contribution in [0, 0.1) is 5.92 Å². The maximum atomic E-state index is 12.3. The molecule has 2 rings (SSSR count). The third-order valence-corrected chi connectivity index (χ3v) is 3.07. The zero-order chi connectivity index (χ0) is 11.7. The van der Waals surface area contributed by atoms with Gasteiger partial charge in [0.1, 0.15) is 5.69 Å². The molecule has 1 fully saturated rings. The standard InChI is InChI=1S/C11H16N2O3/c1-7-8(4-5-16-7)11(14)10-9(15-3)6-12-13(10)2/h6-8H,4-5H2,1-3H3. The maximum absolute atomic E-state index is 12.3. The van der Waals surface area contributed by atoms with Crippen LogP contribution >= 0.6 is 0 Å². The van der Waals surface area contributed by atoms with Gasteiger partial charge in [0.25, 0.3) is 0 Å². The number of hydrogen-bond acceptors (Lipinski definition) is 4. The summed E-state index contributed by atoms with van der Waals surface area (Å²) >= 11 is 0. The monoisotopic (exact) mass is 224 g/mol. The zero-order valence-electron chi connectivity index (χ0n) is 9.77. The summed E-state index contributed by atoms with van der Waals surface area (Å²) in [6.07, 6.45) is 2.31. The molecule has 16 heavy (non-hydrogen) atoms. The molecule has 1 saturated heterocycles. The largest absolute Gasteiger partial charge is 0.493 e. The minimum absolute atomic E-state index is 0.0212. The van der Waals surface area contributed by atoms with Gasteiger partial charge in [-0.2, -0.15) is 5.10 Å². The van der Waals surface area contributed by atoms with E-state index in [9.17, 15) is 4.79 Å². The summed E-state index contributed by atoms with van der Waals surface area (Å²) < 4.78 is 12.1. The van der Waals surface area contributed by atoms with E-state index in [-0.39, 0.29) is 17.8 Å². The van der Waals surface area contributed by atoms with E-state index in [0.717, 1.165) is 6.42 Å². The molecule has 1 aliphatic heterocycles. The van der Waals surface area contributed by atoms with Crippen LogP contribution in [0.25, 0.3) is 0 Å². The normalized spacial score (nSPS) is 24.7. The van der Waals surface area contributed by atoms with Crippen molar-refractivity contribution in [2.45, 2.75) is 19.4 Å². The van der Waals surface area contributed by atoms with E-state index >= 15 is 0 Å². The third kappa shape index (κ3) is 1.71. The first-order valence-electron chi connectivity index (χ1n) is 5.37. The number of rotatable bonds is 3. The highest BCUT2D eigenvalue weighted by Crippen LogP contribution is 2.28. The van der Waals surface area contributed by atoms with Gasteiger partial charge in [-0.3, -0.25) is 9.48 Å². The number of ketones is 1. The molecule has 0 N–H and O–H groups in total. The van der Waals surface area contributed by atoms with Crippen LogP contribution in [0.4, 0.5) is 0 Å². The number of aromatic nitrogens is 2. The van der Waals surface area contributed by atoms with Gasteiger partial charge >= 0.3 is 0 Å². The van der Waals surface area contributed by atoms with Crippen molar-refractivity contribution in [2.24, 2.45) is 13.0 Å². The van der Waals surface area contributed by atoms with Crippen molar-refractivity contribution < 1.29 is 14.3 Å². The van der Waals surface area contributed by atoms with Crippen LogP contribution < -0.4 is 4.74 Å². The summed E-state index contributed by atoms with van der Waals surface area (Å²) in [6.45, 7) is 2.58. The lowest BCUT2D eigenvalue weighted by Crippen LogP contribution is -2.24. The molecule has 1 aromatic rings. The average molecular weight is 224 g/mol. The van der Waals surface area contributed by atoms with E-state index in [0.29, 0.717) is 18.1 Å². The predicted octanol–water partition coefficient (Wildman–Crippen LogP) is 1.04. The molecule has 0 spiro atoms. The van der Waals surface area contributed by atoms with E-state index in [1.54, 1.807) is 25.0 Å². The van der Waals surface area contributed by atoms with Crippen LogP contribution in [0.15, 0.2) is 6.20 Å². The molecule has 88 valence electrons. The van der Waals surface area contributed by atoms with Gasteiger partial charge in [-0.15, -0.1) is 0 Å². The Hall–Kier alpha value is -1.36. The Morgan fingerprint density at radius 1 is 1.69 bits per heavy atom. The number of nitrogens with zero attached hydrogens (tertiary/aromatic N) is 2. The van der Waals surface area contributed by atoms with Crippen molar-refractivity contribution in [3.05, 3.63) is 11.9 Å². The van der Waals surface area contributed by atoms with Gasteiger partial charge in [-0.1, -0.05) is 0 Å². The highest BCUT2D eigenvalue weighted by atomic mass is 16.5. The molecule has 5 nitrogen and oxygen atoms in total. The van der Waals surface area contributed by atoms with Gasteiger partial charge < -0.3 is 9.47 Å². The molecular weight excluding hydrogens is 208 g/mol. The van der Waals surface area contributed by atoms with E-state index < -0.39 is 0 Å². The Kier molecular flexibility index (Phi) is 2.96. The van der Waals surface area contributed by atoms with Crippen LogP contribution in [0.1, 0.15) is 23.8 Å². The topological polar surface area (TPSA) is 53.4 Å². The van der Waals surface area contributed by atoms with Crippen molar-refractivity contribution in [1.29, 1.82) is 0 Å². The van der Waals surface area contributed by atoms with Crippen LogP contribution in [-0.4, -0.2) is 35.4 Å². The first kappa shape index (κ1) is 11.1. The number of Topliss-reactive ketones (excluding diaryl/α,β-unsaturated/α-hetero) is 1. The number of carbonyl (C=O) groups excluding carboxylic acids is 1. The first-order chi connectivity index (χ1) is 7.65. The van der Waals surface area contributed by atoms with E-state index in [1.165, 1.54) is 0 Å². The lowest BCUT2D eigenvalue weighted by molar-refractivity contribution is 0.0753. The van der Waals surface area contributed by atoms with Crippen molar-refractivity contribution >= 4 is 5.78 Å². The number of hydrogen-bond donors (Lipinski definition) is 0. The van der Waals surface area contributed by atoms with E-state index in [1.807, 2.05) is 6.92 Å². The Morgan fingerprint density at radius 3 is 3.00 bits per heavy atom. The average Bonchev–Trinajstić information content (AvgIpc) is 2.83. The lowest BCUT2D eigenvalue weighted by atomic mass is 9.95. The minimum atomic E-state index is -0.0794. The highest BCUT2D eigenvalue weighted by Gasteiger charge is 2.34. The summed E-state index contributed by atoms with van der Waals surface area (Å²) in [6, 6.07) is 0. The second-order valence-electron chi connectivity index (χ2n) is 4.02. The molecule has 1 aromatic heterocycles. The molecule has 5 heteroatoms. The van der Waals surface area contributed by atoms with E-state index in [4.69, 9.17) is 9.47 Å². The van der Waals surface area contributed by atoms with Gasteiger partial charge in [0, 0.05) is 13.7 Å². The molecule has 0 saturated carbocycles. The van der Waals surface area contributed by atoms with E-state index in [2.05, 4.69) is 5.10 Å². The number of ether oxygens (including phenoxy) is 2. The molecular formula is C11H16N2O3. The van der Waals surface area contributed by atoms with Crippen molar-refractivity contribution in [3.63, 3.8) is 0 Å². The van der Waals surface area contributed by atoms with Gasteiger partial charge in [-0.25, -0.2) is 0 Å². The van der Waals surface area contributed by atoms with Crippen molar-refractivity contribution in [3.8, 4) is 5.75 Å². The summed E-state index contributed by atoms with van der Waals surface area (Å²) in [5.74, 6) is 0.512. The van der Waals surface area contributed by atoms with Crippen LogP contribution in [0.2, 0.25) is 0 Å². The molecule has 0 bridgehead atoms. The zero-order valence-corrected chi connectivity index (χ0v) is 9.77. The molecule has 1 aliphatic rings.